The Morgan fingerprint density at radius 2 is 1.31 bits per heavy atom. The average molecular weight is 793 g/mol. The number of methoxy groups -OCH3 is 1. The Labute approximate surface area is 324 Å². The highest BCUT2D eigenvalue weighted by atomic mass is 32.2. The summed E-state index contributed by atoms with van der Waals surface area (Å²) < 4.78 is 37.4. The van der Waals surface area contributed by atoms with Crippen LogP contribution in [0.1, 0.15) is 51.9 Å². The molecule has 1 aliphatic rings. The molecular weight excluding hydrogens is 728 g/mol. The molecule has 0 aromatic rings. The van der Waals surface area contributed by atoms with Crippen LogP contribution in [0, 0.1) is 0 Å². The van der Waals surface area contributed by atoms with Crippen LogP contribution < -0.4 is 10.6 Å². The first-order valence-electron chi connectivity index (χ1n) is 18.7. The molecule has 2 unspecified atom stereocenters. The second-order valence-electron chi connectivity index (χ2n) is 12.6. The van der Waals surface area contributed by atoms with Crippen molar-refractivity contribution in [3.8, 4) is 0 Å². The molecular formula is C36H64N4O13S. The van der Waals surface area contributed by atoms with Crippen molar-refractivity contribution in [2.45, 2.75) is 63.2 Å². The first-order chi connectivity index (χ1) is 26.1. The Bertz CT molecular complexity index is 1090. The Balaban J connectivity index is 2.09. The number of likely N-dealkylation sites (tertiary alicyclic amines) is 1. The third-order valence-electron chi connectivity index (χ3n) is 7.84. The van der Waals surface area contributed by atoms with Crippen LogP contribution in [0.5, 0.6) is 0 Å². The van der Waals surface area contributed by atoms with Gasteiger partial charge in [-0.2, -0.15) is 0 Å². The monoisotopic (exact) mass is 792 g/mol. The van der Waals surface area contributed by atoms with Crippen LogP contribution in [0.15, 0.2) is 0 Å². The van der Waals surface area contributed by atoms with Crippen LogP contribution in [-0.2, 0) is 61.9 Å². The number of rotatable bonds is 37. The number of nitrogens with one attached hydrogen (secondary N) is 2. The van der Waals surface area contributed by atoms with Crippen molar-refractivity contribution in [3.05, 3.63) is 0 Å². The number of carbonyl (C=O) groups is 6. The van der Waals surface area contributed by atoms with Gasteiger partial charge in [-0.3, -0.25) is 33.7 Å². The summed E-state index contributed by atoms with van der Waals surface area (Å²) in [4.78, 5) is 78.0. The first kappa shape index (κ1) is 49.5. The maximum Gasteiger partial charge on any atom is 0.243 e. The minimum Gasteiger partial charge on any atom is -0.382 e. The number of ketones is 2. The zero-order chi connectivity index (χ0) is 39.8. The summed E-state index contributed by atoms with van der Waals surface area (Å²) in [5, 5.41) is 4.73. The largest absolute Gasteiger partial charge is 0.382 e. The van der Waals surface area contributed by atoms with E-state index in [-0.39, 0.29) is 74.2 Å². The zero-order valence-corrected chi connectivity index (χ0v) is 33.6. The molecule has 0 aliphatic carbocycles. The molecule has 0 aromatic heterocycles. The van der Waals surface area contributed by atoms with Crippen LogP contribution in [0.2, 0.25) is 0 Å². The normalized spacial score (nSPS) is 14.9. The summed E-state index contributed by atoms with van der Waals surface area (Å²) in [5.41, 5.74) is 0. The Morgan fingerprint density at radius 1 is 0.778 bits per heavy atom. The Hall–Kier alpha value is -2.55. The van der Waals surface area contributed by atoms with Crippen LogP contribution in [0.4, 0.5) is 0 Å². The first-order valence-corrected chi connectivity index (χ1v) is 19.8. The lowest BCUT2D eigenvalue weighted by molar-refractivity contribution is -0.138. The van der Waals surface area contributed by atoms with Crippen molar-refractivity contribution in [3.63, 3.8) is 0 Å². The number of nitrogens with zero attached hydrogens (tertiary/aromatic N) is 2. The molecule has 18 heteroatoms. The van der Waals surface area contributed by atoms with Crippen molar-refractivity contribution in [1.82, 2.24) is 20.4 Å². The fraction of sp³-hybridized carbons (Fsp3) is 0.833. The molecule has 1 rings (SSSR count). The molecule has 17 nitrogen and oxygen atoms in total. The fourth-order valence-electron chi connectivity index (χ4n) is 4.76. The number of thioether (sulfide) groups is 1. The number of Topliss-reactive ketones (excluding diaryl/α,β-unsaturated/α-hetero) is 2. The second-order valence-corrected chi connectivity index (χ2v) is 13.9. The summed E-state index contributed by atoms with van der Waals surface area (Å²) in [5.74, 6) is -1.53. The molecule has 1 heterocycles. The number of imide groups is 1. The Kier molecular flexibility index (Phi) is 29.9. The summed E-state index contributed by atoms with van der Waals surface area (Å²) >= 11 is 1.19. The van der Waals surface area contributed by atoms with E-state index < -0.39 is 23.1 Å². The van der Waals surface area contributed by atoms with E-state index >= 15 is 0 Å². The lowest BCUT2D eigenvalue weighted by Gasteiger charge is -2.19. The molecule has 312 valence electrons. The molecule has 1 saturated heterocycles. The minimum atomic E-state index is -0.978. The van der Waals surface area contributed by atoms with Gasteiger partial charge in [0.1, 0.15) is 17.6 Å². The van der Waals surface area contributed by atoms with Gasteiger partial charge in [-0.15, -0.1) is 11.8 Å². The predicted molar refractivity (Wildman–Crippen MR) is 201 cm³/mol. The van der Waals surface area contributed by atoms with Crippen LogP contribution >= 0.6 is 11.8 Å². The predicted octanol–water partition coefficient (Wildman–Crippen LogP) is 0.254. The quantitative estimate of drug-likeness (QED) is 0.0641. The van der Waals surface area contributed by atoms with Crippen molar-refractivity contribution < 1.29 is 61.9 Å². The molecule has 0 aromatic carbocycles. The van der Waals surface area contributed by atoms with Crippen molar-refractivity contribution in [2.24, 2.45) is 0 Å². The fourth-order valence-corrected chi connectivity index (χ4v) is 5.88. The van der Waals surface area contributed by atoms with E-state index in [1.807, 2.05) is 19.0 Å². The van der Waals surface area contributed by atoms with Gasteiger partial charge in [-0.25, -0.2) is 0 Å². The number of amides is 4. The van der Waals surface area contributed by atoms with Gasteiger partial charge in [-0.1, -0.05) is 6.92 Å². The molecule has 0 spiro atoms. The summed E-state index contributed by atoms with van der Waals surface area (Å²) in [7, 11) is 5.36. The highest BCUT2D eigenvalue weighted by Gasteiger charge is 2.38. The zero-order valence-electron chi connectivity index (χ0n) is 32.7. The van der Waals surface area contributed by atoms with E-state index in [0.29, 0.717) is 105 Å². The number of hydrogen-bond acceptors (Lipinski definition) is 15. The van der Waals surface area contributed by atoms with Crippen LogP contribution in [0.25, 0.3) is 0 Å². The Morgan fingerprint density at radius 3 is 1.83 bits per heavy atom. The molecule has 0 bridgehead atoms. The van der Waals surface area contributed by atoms with E-state index in [0.717, 1.165) is 4.90 Å². The van der Waals surface area contributed by atoms with E-state index in [2.05, 4.69) is 10.6 Å². The molecule has 0 saturated carbocycles. The van der Waals surface area contributed by atoms with Gasteiger partial charge in [0.25, 0.3) is 0 Å². The van der Waals surface area contributed by atoms with Crippen LogP contribution in [0.3, 0.4) is 0 Å². The maximum absolute atomic E-state index is 12.9. The third kappa shape index (κ3) is 25.5. The SMILES string of the molecule is CCC(=O)CC(NC(=O)CCSC1CC(=O)N(CCC(=O)CCCOCCOCCOCCOCCOCCOCCOC)C1=O)C(=O)NCCN(C)C. The molecule has 1 aliphatic heterocycles. The van der Waals surface area contributed by atoms with E-state index in [1.54, 1.807) is 14.0 Å². The molecule has 2 N–H and O–H groups in total. The van der Waals surface area contributed by atoms with Gasteiger partial charge in [-0.05, 0) is 20.5 Å². The molecule has 4 amide bonds. The highest BCUT2D eigenvalue weighted by Crippen LogP contribution is 2.26. The minimum absolute atomic E-state index is 0.00110. The van der Waals surface area contributed by atoms with Gasteiger partial charge in [0.2, 0.25) is 23.6 Å². The maximum atomic E-state index is 12.9. The molecule has 2 atom stereocenters. The van der Waals surface area contributed by atoms with Crippen LogP contribution in [-0.4, -0.2) is 189 Å². The summed E-state index contributed by atoms with van der Waals surface area (Å²) in [6.07, 6.45) is 1.01. The van der Waals surface area contributed by atoms with Crippen molar-refractivity contribution in [1.29, 1.82) is 0 Å². The standard InChI is InChI=1S/C36H64N4O13S/c1-5-29(41)27-31(35(45)37-10-12-39(2)3)38-33(43)9-26-54-32-28-34(44)40(36(32)46)11-8-30(42)7-6-13-48-16-17-50-20-21-52-24-25-53-23-22-51-19-18-49-15-14-47-4/h31-32H,5-28H2,1-4H3,(H,37,45)(H,38,43). The van der Waals surface area contributed by atoms with E-state index in [1.165, 1.54) is 11.8 Å². The van der Waals surface area contributed by atoms with Crippen molar-refractivity contribution >= 4 is 47.0 Å². The van der Waals surface area contributed by atoms with Gasteiger partial charge >= 0.3 is 0 Å². The lowest BCUT2D eigenvalue weighted by Crippen LogP contribution is -2.49. The van der Waals surface area contributed by atoms with Gasteiger partial charge < -0.3 is 48.7 Å². The van der Waals surface area contributed by atoms with Gasteiger partial charge in [0, 0.05) is 77.6 Å². The summed E-state index contributed by atoms with van der Waals surface area (Å²) in [6, 6.07) is -0.978. The second kappa shape index (κ2) is 32.7. The number of carbonyl (C=O) groups excluding carboxylic acids is 6. The average Bonchev–Trinajstić information content (AvgIpc) is 3.41. The van der Waals surface area contributed by atoms with Gasteiger partial charge in [0.15, 0.2) is 0 Å². The van der Waals surface area contributed by atoms with Crippen molar-refractivity contribution in [2.75, 3.05) is 132 Å². The van der Waals surface area contributed by atoms with Gasteiger partial charge in [0.05, 0.1) is 84.5 Å². The van der Waals surface area contributed by atoms with E-state index in [4.69, 9.17) is 33.2 Å². The molecule has 1 fully saturated rings. The molecule has 54 heavy (non-hydrogen) atoms. The topological polar surface area (TPSA) is 198 Å². The number of likely N-dealkylation sites (N-methyl/N-ethyl adjacent to an activating group) is 1. The summed E-state index contributed by atoms with van der Waals surface area (Å²) in [6.45, 7) is 8.81. The van der Waals surface area contributed by atoms with E-state index in [9.17, 15) is 28.8 Å². The number of hydrogen-bond donors (Lipinski definition) is 2. The number of ether oxygens (including phenoxy) is 7. The lowest BCUT2D eigenvalue weighted by atomic mass is 10.1. The molecule has 0 radical (unpaired) electrons. The third-order valence-corrected chi connectivity index (χ3v) is 9.05. The smallest absolute Gasteiger partial charge is 0.243 e. The highest BCUT2D eigenvalue weighted by molar-refractivity contribution is 8.00.